The molecule has 0 saturated carbocycles. The Morgan fingerprint density at radius 3 is 2.41 bits per heavy atom. The molecule has 1 unspecified atom stereocenters. The summed E-state index contributed by atoms with van der Waals surface area (Å²) in [6.45, 7) is 0.209. The summed E-state index contributed by atoms with van der Waals surface area (Å²) < 4.78 is 69.8. The van der Waals surface area contributed by atoms with Gasteiger partial charge in [-0.05, 0) is 24.1 Å². The SMILES string of the molecule is CC(=O)NCc1cnc(N2CCC(c3cc(Cl)c(Cl)c(Cl)c3)(C(F)(F)F)C2)nc1C(F)F. The number of rotatable bonds is 5. The number of nitrogens with zero attached hydrogens (tertiary/aromatic N) is 3. The molecule has 3 rings (SSSR count). The molecule has 0 spiro atoms. The number of nitrogens with one attached hydrogen (secondary N) is 1. The fraction of sp³-hybridized carbons (Fsp3) is 0.421. The number of amides is 1. The van der Waals surface area contributed by atoms with Gasteiger partial charge in [-0.3, -0.25) is 4.79 Å². The van der Waals surface area contributed by atoms with Crippen LogP contribution in [0.4, 0.5) is 27.9 Å². The lowest BCUT2D eigenvalue weighted by molar-refractivity contribution is -0.184. The van der Waals surface area contributed by atoms with E-state index in [0.717, 1.165) is 18.3 Å². The van der Waals surface area contributed by atoms with Crippen LogP contribution in [0.1, 0.15) is 36.6 Å². The predicted molar refractivity (Wildman–Crippen MR) is 111 cm³/mol. The Hall–Kier alpha value is -1.91. The highest BCUT2D eigenvalue weighted by atomic mass is 35.5. The van der Waals surface area contributed by atoms with Crippen LogP contribution >= 0.6 is 34.8 Å². The zero-order chi connectivity index (χ0) is 23.8. The van der Waals surface area contributed by atoms with E-state index in [4.69, 9.17) is 34.8 Å². The van der Waals surface area contributed by atoms with E-state index >= 15 is 0 Å². The topological polar surface area (TPSA) is 58.1 Å². The van der Waals surface area contributed by atoms with E-state index in [0.29, 0.717) is 0 Å². The van der Waals surface area contributed by atoms with E-state index in [9.17, 15) is 26.7 Å². The Balaban J connectivity index is 1.98. The number of aromatic nitrogens is 2. The van der Waals surface area contributed by atoms with Gasteiger partial charge in [0.1, 0.15) is 11.1 Å². The van der Waals surface area contributed by atoms with Crippen molar-refractivity contribution in [2.45, 2.75) is 37.9 Å². The van der Waals surface area contributed by atoms with Gasteiger partial charge in [0.2, 0.25) is 11.9 Å². The van der Waals surface area contributed by atoms with E-state index in [1.165, 1.54) is 11.8 Å². The summed E-state index contributed by atoms with van der Waals surface area (Å²) in [6.07, 6.45) is -7.04. The van der Waals surface area contributed by atoms with Gasteiger partial charge in [-0.25, -0.2) is 18.7 Å². The van der Waals surface area contributed by atoms with Crippen molar-refractivity contribution in [3.8, 4) is 0 Å². The maximum atomic E-state index is 14.3. The zero-order valence-electron chi connectivity index (χ0n) is 16.4. The average molecular weight is 518 g/mol. The van der Waals surface area contributed by atoms with Crippen molar-refractivity contribution in [2.75, 3.05) is 18.0 Å². The molecule has 2 heterocycles. The lowest BCUT2D eigenvalue weighted by Crippen LogP contribution is -2.45. The van der Waals surface area contributed by atoms with Gasteiger partial charge in [0.15, 0.2) is 0 Å². The monoisotopic (exact) mass is 516 g/mol. The summed E-state index contributed by atoms with van der Waals surface area (Å²) in [5.41, 5.74) is -3.26. The van der Waals surface area contributed by atoms with E-state index in [-0.39, 0.29) is 45.2 Å². The Morgan fingerprint density at radius 2 is 1.88 bits per heavy atom. The molecular formula is C19H16Cl3F5N4O. The molecule has 0 radical (unpaired) electrons. The Kier molecular flexibility index (Phi) is 7.07. The minimum atomic E-state index is -4.71. The number of alkyl halides is 5. The van der Waals surface area contributed by atoms with Gasteiger partial charge in [-0.1, -0.05) is 34.8 Å². The van der Waals surface area contributed by atoms with Crippen LogP contribution in [0.2, 0.25) is 15.1 Å². The molecule has 32 heavy (non-hydrogen) atoms. The minimum Gasteiger partial charge on any atom is -0.352 e. The molecule has 1 fully saturated rings. The Bertz CT molecular complexity index is 1010. The molecule has 1 aliphatic rings. The standard InChI is InChI=1S/C19H16Cl3F5N4O/c1-9(32)28-6-10-7-29-17(30-15(10)16(23)24)31-3-2-18(8-31,19(25,26)27)11-4-12(20)14(22)13(21)5-11/h4-5,7,16H,2-3,6,8H2,1H3,(H,28,32). The molecule has 5 nitrogen and oxygen atoms in total. The van der Waals surface area contributed by atoms with Crippen molar-refractivity contribution < 1.29 is 26.7 Å². The lowest BCUT2D eigenvalue weighted by Gasteiger charge is -2.32. The number of benzene rings is 1. The zero-order valence-corrected chi connectivity index (χ0v) is 18.7. The molecule has 1 aromatic carbocycles. The second-order valence-electron chi connectivity index (χ2n) is 7.30. The van der Waals surface area contributed by atoms with Gasteiger partial charge in [-0.15, -0.1) is 0 Å². The van der Waals surface area contributed by atoms with Crippen molar-refractivity contribution in [1.29, 1.82) is 0 Å². The van der Waals surface area contributed by atoms with Gasteiger partial charge in [0.25, 0.3) is 6.43 Å². The molecule has 174 valence electrons. The van der Waals surface area contributed by atoms with Crippen LogP contribution in [-0.2, 0) is 16.8 Å². The molecule has 0 bridgehead atoms. The van der Waals surface area contributed by atoms with Crippen LogP contribution in [0.15, 0.2) is 18.3 Å². The van der Waals surface area contributed by atoms with Crippen LogP contribution in [0.25, 0.3) is 0 Å². The fourth-order valence-corrected chi connectivity index (χ4v) is 4.15. The highest BCUT2D eigenvalue weighted by Gasteiger charge is 2.59. The Labute approximate surface area is 194 Å². The number of hydrogen-bond donors (Lipinski definition) is 1. The molecule has 1 saturated heterocycles. The molecule has 1 atom stereocenters. The quantitative estimate of drug-likeness (QED) is 0.407. The summed E-state index contributed by atoms with van der Waals surface area (Å²) in [4.78, 5) is 20.0. The van der Waals surface area contributed by atoms with Gasteiger partial charge in [-0.2, -0.15) is 13.2 Å². The first-order valence-electron chi connectivity index (χ1n) is 9.21. The van der Waals surface area contributed by atoms with E-state index in [1.54, 1.807) is 0 Å². The van der Waals surface area contributed by atoms with Crippen molar-refractivity contribution in [2.24, 2.45) is 0 Å². The van der Waals surface area contributed by atoms with E-state index < -0.39 is 42.6 Å². The third-order valence-corrected chi connectivity index (χ3v) is 6.45. The van der Waals surface area contributed by atoms with Crippen LogP contribution in [0.5, 0.6) is 0 Å². The first kappa shape index (κ1) is 24.7. The summed E-state index contributed by atoms with van der Waals surface area (Å²) in [5, 5.41) is 2.04. The van der Waals surface area contributed by atoms with Gasteiger partial charge in [0, 0.05) is 38.3 Å². The van der Waals surface area contributed by atoms with Crippen molar-refractivity contribution in [3.63, 3.8) is 0 Å². The second kappa shape index (κ2) is 9.15. The number of hydrogen-bond acceptors (Lipinski definition) is 4. The van der Waals surface area contributed by atoms with Crippen molar-refractivity contribution in [3.05, 3.63) is 50.2 Å². The maximum Gasteiger partial charge on any atom is 0.400 e. The smallest absolute Gasteiger partial charge is 0.352 e. The average Bonchev–Trinajstić information content (AvgIpc) is 3.16. The highest BCUT2D eigenvalue weighted by molar-refractivity contribution is 6.48. The van der Waals surface area contributed by atoms with E-state index in [1.807, 2.05) is 0 Å². The van der Waals surface area contributed by atoms with E-state index in [2.05, 4.69) is 15.3 Å². The second-order valence-corrected chi connectivity index (χ2v) is 8.49. The molecule has 1 aromatic heterocycles. The molecule has 1 N–H and O–H groups in total. The van der Waals surface area contributed by atoms with Gasteiger partial charge < -0.3 is 10.2 Å². The van der Waals surface area contributed by atoms with Gasteiger partial charge in [0.05, 0.1) is 15.1 Å². The highest BCUT2D eigenvalue weighted by Crippen LogP contribution is 2.50. The molecule has 1 aliphatic heterocycles. The predicted octanol–water partition coefficient (Wildman–Crippen LogP) is 5.72. The summed E-state index contributed by atoms with van der Waals surface area (Å²) in [5.74, 6) is -0.715. The van der Waals surface area contributed by atoms with Crippen molar-refractivity contribution >= 4 is 46.7 Å². The van der Waals surface area contributed by atoms with Crippen LogP contribution in [0, 0.1) is 0 Å². The number of halogens is 8. The number of carbonyl (C=O) groups is 1. The summed E-state index contributed by atoms with van der Waals surface area (Å²) in [7, 11) is 0. The third-order valence-electron chi connectivity index (χ3n) is 5.25. The Morgan fingerprint density at radius 1 is 1.25 bits per heavy atom. The summed E-state index contributed by atoms with van der Waals surface area (Å²) >= 11 is 17.8. The number of carbonyl (C=O) groups excluding carboxylic acids is 1. The maximum absolute atomic E-state index is 14.3. The first-order valence-corrected chi connectivity index (χ1v) is 10.3. The summed E-state index contributed by atoms with van der Waals surface area (Å²) in [6, 6.07) is 2.21. The molecule has 1 amide bonds. The number of anilines is 1. The van der Waals surface area contributed by atoms with Gasteiger partial charge >= 0.3 is 6.18 Å². The van der Waals surface area contributed by atoms with Crippen LogP contribution in [0.3, 0.4) is 0 Å². The third kappa shape index (κ3) is 4.72. The fourth-order valence-electron chi connectivity index (χ4n) is 3.55. The normalized spacial score (nSPS) is 19.0. The first-order chi connectivity index (χ1) is 14.9. The van der Waals surface area contributed by atoms with Crippen molar-refractivity contribution in [1.82, 2.24) is 15.3 Å². The molecular weight excluding hydrogens is 502 g/mol. The molecule has 13 heteroatoms. The minimum absolute atomic E-state index is 0.0310. The molecule has 0 aliphatic carbocycles. The largest absolute Gasteiger partial charge is 0.400 e. The molecule has 2 aromatic rings. The lowest BCUT2D eigenvalue weighted by atomic mass is 9.79. The van der Waals surface area contributed by atoms with Crippen LogP contribution in [-0.4, -0.2) is 35.1 Å². The van der Waals surface area contributed by atoms with Crippen LogP contribution < -0.4 is 10.2 Å².